The number of nitrogens with one attached hydrogen (secondary N) is 2. The number of fused-ring (bicyclic) bond motifs is 12. The van der Waals surface area contributed by atoms with Crippen molar-refractivity contribution in [3.05, 3.63) is 213 Å². The quantitative estimate of drug-likeness (QED) is 0.0645. The molecule has 0 aliphatic heterocycles. The van der Waals surface area contributed by atoms with Gasteiger partial charge in [-0.2, -0.15) is 5.11 Å². The van der Waals surface area contributed by atoms with Crippen molar-refractivity contribution in [2.24, 2.45) is 20.5 Å². The number of ketones is 1. The number of ether oxygens (including phenoxy) is 2. The van der Waals surface area contributed by atoms with Crippen LogP contribution in [-0.2, 0) is 24.3 Å². The van der Waals surface area contributed by atoms with Gasteiger partial charge in [0.05, 0.1) is 46.9 Å². The minimum absolute atomic E-state index is 0.167. The number of aryl methyl sites for hydroxylation is 2. The van der Waals surface area contributed by atoms with E-state index in [2.05, 4.69) is 67.1 Å². The lowest BCUT2D eigenvalue weighted by atomic mass is 9.82. The van der Waals surface area contributed by atoms with Gasteiger partial charge in [-0.15, -0.1) is 15.3 Å². The van der Waals surface area contributed by atoms with Crippen LogP contribution < -0.4 is 19.4 Å². The Morgan fingerprint density at radius 3 is 1.76 bits per heavy atom. The van der Waals surface area contributed by atoms with Crippen molar-refractivity contribution < 1.29 is 23.9 Å². The summed E-state index contributed by atoms with van der Waals surface area (Å²) in [5.41, 5.74) is 13.2. The van der Waals surface area contributed by atoms with Crippen LogP contribution in [0.15, 0.2) is 190 Å². The maximum atomic E-state index is 15.2. The van der Waals surface area contributed by atoms with Gasteiger partial charge in [-0.1, -0.05) is 128 Å². The van der Waals surface area contributed by atoms with Gasteiger partial charge in [0.1, 0.15) is 18.0 Å². The highest BCUT2D eigenvalue weighted by molar-refractivity contribution is 6.33. The first-order valence-electron chi connectivity index (χ1n) is 30.6. The molecule has 14 rings (SSSR count). The SMILES string of the molecule is CCOc1c(CON(CC)c2ccccc2CC)cc2ccc3c4cc(Cl)ccc4[nH]c3c2c1N=Nc1ccc2c(c1)C(=O)c1cccc3c(N=Nc4c(OCC)c(C(=O)N(CC)c5ccccc5CC)cc5ccc6c7cc(Cl)ccc7[nH]c6c45)ccc-2c13. The number of nitrogens with zero attached hydrogens (tertiary/aromatic N) is 6. The molecule has 0 radical (unpaired) electrons. The van der Waals surface area contributed by atoms with E-state index in [1.54, 1.807) is 4.90 Å². The van der Waals surface area contributed by atoms with Gasteiger partial charge in [-0.05, 0) is 152 Å². The van der Waals surface area contributed by atoms with Crippen LogP contribution in [0.5, 0.6) is 11.5 Å². The highest BCUT2D eigenvalue weighted by atomic mass is 35.5. The number of benzene rings is 11. The molecule has 11 aromatic carbocycles. The van der Waals surface area contributed by atoms with E-state index in [1.807, 2.05) is 159 Å². The molecule has 13 nitrogen and oxygen atoms in total. The highest BCUT2D eigenvalue weighted by Crippen LogP contribution is 2.50. The molecule has 0 saturated carbocycles. The molecule has 2 aromatic heterocycles. The van der Waals surface area contributed by atoms with Crippen LogP contribution in [0, 0.1) is 0 Å². The van der Waals surface area contributed by atoms with Crippen LogP contribution in [0.25, 0.3) is 87.1 Å². The predicted octanol–water partition coefficient (Wildman–Crippen LogP) is 21.3. The largest absolute Gasteiger partial charge is 0.491 e. The van der Waals surface area contributed by atoms with Crippen molar-refractivity contribution in [2.75, 3.05) is 36.3 Å². The monoisotopic (exact) mass is 1220 g/mol. The lowest BCUT2D eigenvalue weighted by molar-refractivity contribution is 0.0950. The molecular formula is C75H62Cl2N8O5. The third kappa shape index (κ3) is 9.84. The number of halogens is 2. The minimum atomic E-state index is -0.225. The molecule has 0 fully saturated rings. The average molecular weight is 1230 g/mol. The Labute approximate surface area is 529 Å². The molecule has 90 heavy (non-hydrogen) atoms. The number of para-hydroxylation sites is 2. The van der Waals surface area contributed by atoms with Crippen LogP contribution in [0.1, 0.15) is 84.5 Å². The van der Waals surface area contributed by atoms with Crippen LogP contribution in [0.4, 0.5) is 34.1 Å². The van der Waals surface area contributed by atoms with Crippen molar-refractivity contribution >= 4 is 145 Å². The summed E-state index contributed by atoms with van der Waals surface area (Å²) >= 11 is 13.2. The zero-order valence-electron chi connectivity index (χ0n) is 50.6. The predicted molar refractivity (Wildman–Crippen MR) is 367 cm³/mol. The van der Waals surface area contributed by atoms with Crippen molar-refractivity contribution in [1.29, 1.82) is 0 Å². The molecule has 0 unspecified atom stereocenters. The number of hydrogen-bond donors (Lipinski definition) is 2. The van der Waals surface area contributed by atoms with Gasteiger partial charge in [0.2, 0.25) is 0 Å². The summed E-state index contributed by atoms with van der Waals surface area (Å²) in [5, 5.41) is 31.9. The topological polar surface area (TPSA) is 149 Å². The molecule has 2 N–H and O–H groups in total. The van der Waals surface area contributed by atoms with Crippen molar-refractivity contribution in [1.82, 2.24) is 9.97 Å². The van der Waals surface area contributed by atoms with E-state index in [9.17, 15) is 0 Å². The lowest BCUT2D eigenvalue weighted by Crippen LogP contribution is -2.32. The maximum absolute atomic E-state index is 15.2. The van der Waals surface area contributed by atoms with Gasteiger partial charge in [0.25, 0.3) is 5.91 Å². The number of amides is 1. The Kier molecular flexibility index (Phi) is 15.3. The third-order valence-corrected chi connectivity index (χ3v) is 17.7. The van der Waals surface area contributed by atoms with Crippen molar-refractivity contribution in [3.8, 4) is 22.6 Å². The number of hydroxylamine groups is 1. The minimum Gasteiger partial charge on any atom is -0.491 e. The number of H-pyrrole nitrogens is 2. The summed E-state index contributed by atoms with van der Waals surface area (Å²) in [6, 6.07) is 55.3. The molecule has 2 heterocycles. The molecule has 0 atom stereocenters. The van der Waals surface area contributed by atoms with Crippen LogP contribution in [0.3, 0.4) is 0 Å². The molecule has 0 saturated heterocycles. The first-order valence-corrected chi connectivity index (χ1v) is 31.4. The number of rotatable bonds is 18. The Morgan fingerprint density at radius 1 is 0.489 bits per heavy atom. The van der Waals surface area contributed by atoms with E-state index in [0.29, 0.717) is 80.7 Å². The normalized spacial score (nSPS) is 12.3. The molecule has 0 bridgehead atoms. The Balaban J connectivity index is 0.876. The molecule has 0 spiro atoms. The number of hydrogen-bond acceptors (Lipinski definition) is 10. The second kappa shape index (κ2) is 23.9. The molecule has 1 aliphatic rings. The molecular weight excluding hydrogens is 1160 g/mol. The summed E-state index contributed by atoms with van der Waals surface area (Å²) in [6.45, 7) is 14.0. The van der Waals surface area contributed by atoms with Crippen molar-refractivity contribution in [2.45, 2.75) is 61.0 Å². The average Bonchev–Trinajstić information content (AvgIpc) is 1.33. The summed E-state index contributed by atoms with van der Waals surface area (Å²) < 4.78 is 13.2. The molecule has 15 heteroatoms. The van der Waals surface area contributed by atoms with Gasteiger partial charge in [-0.25, -0.2) is 0 Å². The summed E-state index contributed by atoms with van der Waals surface area (Å²) in [4.78, 5) is 46.0. The first-order chi connectivity index (χ1) is 44.0. The molecule has 13 aromatic rings. The molecule has 1 aliphatic carbocycles. The van der Waals surface area contributed by atoms with E-state index < -0.39 is 0 Å². The van der Waals surface area contributed by atoms with Gasteiger partial charge >= 0.3 is 0 Å². The zero-order chi connectivity index (χ0) is 61.9. The summed E-state index contributed by atoms with van der Waals surface area (Å²) in [7, 11) is 0. The number of carbonyl (C=O) groups excluding carboxylic acids is 2. The van der Waals surface area contributed by atoms with Gasteiger partial charge in [0, 0.05) is 99.6 Å². The zero-order valence-corrected chi connectivity index (χ0v) is 52.1. The van der Waals surface area contributed by atoms with Gasteiger partial charge in [-0.3, -0.25) is 19.5 Å². The van der Waals surface area contributed by atoms with E-state index in [-0.39, 0.29) is 24.9 Å². The number of carbonyl (C=O) groups is 2. The maximum Gasteiger partial charge on any atom is 0.262 e. The fraction of sp³-hybridized carbons (Fsp3) is 0.173. The van der Waals surface area contributed by atoms with Crippen LogP contribution in [-0.4, -0.2) is 48.0 Å². The second-order valence-electron chi connectivity index (χ2n) is 22.3. The smallest absolute Gasteiger partial charge is 0.262 e. The number of aromatic amines is 2. The highest BCUT2D eigenvalue weighted by Gasteiger charge is 2.30. The number of aromatic nitrogens is 2. The van der Waals surface area contributed by atoms with E-state index in [1.165, 1.54) is 5.56 Å². The Bertz CT molecular complexity index is 5160. The molecule has 446 valence electrons. The third-order valence-electron chi connectivity index (χ3n) is 17.3. The second-order valence-corrected chi connectivity index (χ2v) is 23.2. The van der Waals surface area contributed by atoms with Gasteiger partial charge < -0.3 is 24.3 Å². The lowest BCUT2D eigenvalue weighted by Gasteiger charge is -2.25. The first kappa shape index (κ1) is 57.8. The Morgan fingerprint density at radius 2 is 1.10 bits per heavy atom. The number of azo groups is 2. The fourth-order valence-corrected chi connectivity index (χ4v) is 13.5. The number of anilines is 2. The molecule has 1 amide bonds. The standard InChI is InChI=1S/C75H62Cl2N8O5/c1-7-42-18-13-15-22-63(42)84(9-3)75(87)59-37-45-25-30-53-57-39-48(77)27-34-61(57)79-69(53)66(45)71(74(59)89-12-6)83-81-62-35-32-51-50-31-28-49(40-58(50)72(86)55-21-17-20-54(62)67(51)55)80-82-70-65-44(24-29-52-56-38-47(76)26-33-60(56)78-68(52)65)36-46(73(70)88-11-5)41-90-85(10-4)64-23-16-14-19-43(64)8-2/h13-40,78-79H,7-12,41H2,1-6H3. The van der Waals surface area contributed by atoms with E-state index in [0.717, 1.165) is 122 Å². The van der Waals surface area contributed by atoms with Crippen molar-refractivity contribution in [3.63, 3.8) is 0 Å². The van der Waals surface area contributed by atoms with Gasteiger partial charge in [0.15, 0.2) is 17.3 Å². The van der Waals surface area contributed by atoms with E-state index in [4.69, 9.17) is 58.0 Å². The van der Waals surface area contributed by atoms with Crippen LogP contribution >= 0.6 is 23.2 Å². The fourth-order valence-electron chi connectivity index (χ4n) is 13.1. The summed E-state index contributed by atoms with van der Waals surface area (Å²) in [6.07, 6.45) is 1.61. The summed E-state index contributed by atoms with van der Waals surface area (Å²) in [5.74, 6) is 0.456. The Hall–Kier alpha value is -9.92. The van der Waals surface area contributed by atoms with Crippen LogP contribution in [0.2, 0.25) is 10.0 Å². The van der Waals surface area contributed by atoms with E-state index >= 15 is 9.59 Å².